The third kappa shape index (κ3) is 3.94. The lowest BCUT2D eigenvalue weighted by Gasteiger charge is -2.19. The predicted molar refractivity (Wildman–Crippen MR) is 67.5 cm³/mol. The van der Waals surface area contributed by atoms with E-state index < -0.39 is 16.3 Å². The first kappa shape index (κ1) is 13.9. The number of nitrogens with one attached hydrogen (secondary N) is 1. The van der Waals surface area contributed by atoms with E-state index in [0.717, 1.165) is 6.07 Å². The number of benzene rings is 1. The van der Waals surface area contributed by atoms with Crippen LogP contribution < -0.4 is 11.1 Å². The molecule has 1 aromatic rings. The van der Waals surface area contributed by atoms with Crippen molar-refractivity contribution < 1.29 is 9.31 Å². The van der Waals surface area contributed by atoms with E-state index in [0.29, 0.717) is 6.54 Å². The minimum absolute atomic E-state index is 0.167. The fourth-order valence-corrected chi connectivity index (χ4v) is 1.50. The maximum atomic E-state index is 13.2. The van der Waals surface area contributed by atoms with E-state index in [1.54, 1.807) is 13.8 Å². The highest BCUT2D eigenvalue weighted by molar-refractivity contribution is 9.10. The Morgan fingerprint density at radius 1 is 1.59 bits per heavy atom. The highest BCUT2D eigenvalue weighted by Gasteiger charge is 2.19. The van der Waals surface area contributed by atoms with Crippen LogP contribution in [0.1, 0.15) is 13.8 Å². The molecule has 1 aromatic carbocycles. The number of nitro benzene ring substituents is 1. The first-order valence-corrected chi connectivity index (χ1v) is 5.66. The third-order valence-corrected chi connectivity index (χ3v) is 2.58. The number of anilines is 1. The molecule has 0 saturated carbocycles. The van der Waals surface area contributed by atoms with Crippen LogP contribution in [0.3, 0.4) is 0 Å². The molecule has 0 aromatic heterocycles. The van der Waals surface area contributed by atoms with Gasteiger partial charge in [0, 0.05) is 12.1 Å². The number of hydrogen-bond donors (Lipinski definition) is 2. The molecule has 0 amide bonds. The van der Waals surface area contributed by atoms with Gasteiger partial charge >= 0.3 is 0 Å². The normalized spacial score (nSPS) is 11.4. The molecule has 0 aliphatic heterocycles. The summed E-state index contributed by atoms with van der Waals surface area (Å²) in [4.78, 5) is 10.1. The van der Waals surface area contributed by atoms with E-state index in [9.17, 15) is 14.5 Å². The lowest BCUT2D eigenvalue weighted by atomic mass is 10.1. The summed E-state index contributed by atoms with van der Waals surface area (Å²) in [6.45, 7) is 3.90. The fraction of sp³-hybridized carbons (Fsp3) is 0.400. The standard InChI is InChI=1S/C10H13BrFN3O2/c1-10(2,13)5-14-8-3-6(11)7(12)4-9(8)15(16)17/h3-4,14H,5,13H2,1-2H3. The minimum Gasteiger partial charge on any atom is -0.378 e. The van der Waals surface area contributed by atoms with Gasteiger partial charge in [0.15, 0.2) is 0 Å². The monoisotopic (exact) mass is 305 g/mol. The van der Waals surface area contributed by atoms with Crippen molar-refractivity contribution >= 4 is 27.3 Å². The molecular weight excluding hydrogens is 293 g/mol. The first-order chi connectivity index (χ1) is 7.70. The zero-order valence-corrected chi connectivity index (χ0v) is 11.0. The van der Waals surface area contributed by atoms with Crippen molar-refractivity contribution in [2.24, 2.45) is 5.73 Å². The minimum atomic E-state index is -0.672. The molecule has 0 fully saturated rings. The van der Waals surface area contributed by atoms with Crippen LogP contribution in [0.25, 0.3) is 0 Å². The van der Waals surface area contributed by atoms with Crippen LogP contribution in [0.15, 0.2) is 16.6 Å². The molecule has 1 rings (SSSR count). The Labute approximate surface area is 106 Å². The molecule has 0 spiro atoms. The van der Waals surface area contributed by atoms with Crippen LogP contribution in [-0.4, -0.2) is 17.0 Å². The topological polar surface area (TPSA) is 81.2 Å². The molecule has 0 heterocycles. The summed E-state index contributed by atoms with van der Waals surface area (Å²) in [6, 6.07) is 2.20. The van der Waals surface area contributed by atoms with Crippen molar-refractivity contribution in [1.82, 2.24) is 0 Å². The maximum absolute atomic E-state index is 13.2. The van der Waals surface area contributed by atoms with Gasteiger partial charge in [-0.3, -0.25) is 10.1 Å². The van der Waals surface area contributed by atoms with Crippen LogP contribution in [0, 0.1) is 15.9 Å². The van der Waals surface area contributed by atoms with Crippen LogP contribution in [0.4, 0.5) is 15.8 Å². The van der Waals surface area contributed by atoms with Gasteiger partial charge in [-0.15, -0.1) is 0 Å². The largest absolute Gasteiger partial charge is 0.378 e. The Morgan fingerprint density at radius 2 is 2.18 bits per heavy atom. The Hall–Kier alpha value is -1.21. The second-order valence-electron chi connectivity index (χ2n) is 4.38. The summed E-state index contributed by atoms with van der Waals surface area (Å²) < 4.78 is 13.4. The first-order valence-electron chi connectivity index (χ1n) is 4.87. The average Bonchev–Trinajstić information content (AvgIpc) is 2.17. The Kier molecular flexibility index (Phi) is 4.05. The molecule has 0 bridgehead atoms. The summed E-state index contributed by atoms with van der Waals surface area (Å²) in [5.74, 6) is -0.672. The van der Waals surface area contributed by atoms with E-state index in [-0.39, 0.29) is 15.8 Å². The van der Waals surface area contributed by atoms with Gasteiger partial charge < -0.3 is 11.1 Å². The molecule has 94 valence electrons. The van der Waals surface area contributed by atoms with Gasteiger partial charge in [0.25, 0.3) is 5.69 Å². The molecule has 3 N–H and O–H groups in total. The molecule has 7 heteroatoms. The summed E-state index contributed by atoms with van der Waals surface area (Å²) in [6.07, 6.45) is 0. The second kappa shape index (κ2) is 4.97. The van der Waals surface area contributed by atoms with Crippen molar-refractivity contribution in [1.29, 1.82) is 0 Å². The summed E-state index contributed by atoms with van der Waals surface area (Å²) >= 11 is 2.98. The van der Waals surface area contributed by atoms with Crippen LogP contribution in [0.2, 0.25) is 0 Å². The molecule has 5 nitrogen and oxygen atoms in total. The SMILES string of the molecule is CC(C)(N)CNc1cc(Br)c(F)cc1[N+](=O)[O-]. The summed E-state index contributed by atoms with van der Waals surface area (Å²) in [5, 5.41) is 13.6. The van der Waals surface area contributed by atoms with E-state index in [4.69, 9.17) is 5.73 Å². The zero-order chi connectivity index (χ0) is 13.2. The smallest absolute Gasteiger partial charge is 0.295 e. The van der Waals surface area contributed by atoms with Crippen molar-refractivity contribution in [2.45, 2.75) is 19.4 Å². The van der Waals surface area contributed by atoms with Gasteiger partial charge in [0.2, 0.25) is 0 Å². The molecule has 0 aliphatic rings. The predicted octanol–water partition coefficient (Wildman–Crippen LogP) is 2.65. The van der Waals surface area contributed by atoms with Crippen LogP contribution in [-0.2, 0) is 0 Å². The Bertz CT molecular complexity index is 446. The van der Waals surface area contributed by atoms with Crippen LogP contribution in [0.5, 0.6) is 0 Å². The van der Waals surface area contributed by atoms with Gasteiger partial charge in [-0.1, -0.05) is 0 Å². The van der Waals surface area contributed by atoms with E-state index >= 15 is 0 Å². The van der Waals surface area contributed by atoms with E-state index in [2.05, 4.69) is 21.2 Å². The van der Waals surface area contributed by atoms with Crippen molar-refractivity contribution in [2.75, 3.05) is 11.9 Å². The van der Waals surface area contributed by atoms with Crippen molar-refractivity contribution in [3.63, 3.8) is 0 Å². The summed E-state index contributed by atoms with van der Waals surface area (Å²) in [7, 11) is 0. The van der Waals surface area contributed by atoms with Gasteiger partial charge in [-0.2, -0.15) is 0 Å². The lowest BCUT2D eigenvalue weighted by Crippen LogP contribution is -2.39. The molecule has 17 heavy (non-hydrogen) atoms. The maximum Gasteiger partial charge on any atom is 0.295 e. The molecule has 0 saturated heterocycles. The highest BCUT2D eigenvalue weighted by Crippen LogP contribution is 2.30. The molecule has 0 atom stereocenters. The van der Waals surface area contributed by atoms with Crippen LogP contribution >= 0.6 is 15.9 Å². The van der Waals surface area contributed by atoms with Gasteiger partial charge in [-0.25, -0.2) is 4.39 Å². The zero-order valence-electron chi connectivity index (χ0n) is 9.46. The number of rotatable bonds is 4. The molecule has 0 radical (unpaired) electrons. The molecule has 0 unspecified atom stereocenters. The van der Waals surface area contributed by atoms with E-state index in [1.807, 2.05) is 0 Å². The number of nitro groups is 1. The van der Waals surface area contributed by atoms with E-state index in [1.165, 1.54) is 6.07 Å². The second-order valence-corrected chi connectivity index (χ2v) is 5.24. The fourth-order valence-electron chi connectivity index (χ4n) is 1.15. The number of halogens is 2. The highest BCUT2D eigenvalue weighted by atomic mass is 79.9. The number of hydrogen-bond acceptors (Lipinski definition) is 4. The number of nitrogens with zero attached hydrogens (tertiary/aromatic N) is 1. The Balaban J connectivity index is 3.05. The van der Waals surface area contributed by atoms with Gasteiger partial charge in [0.05, 0.1) is 15.5 Å². The average molecular weight is 306 g/mol. The van der Waals surface area contributed by atoms with Crippen molar-refractivity contribution in [3.05, 3.63) is 32.5 Å². The molecule has 0 aliphatic carbocycles. The third-order valence-electron chi connectivity index (χ3n) is 1.97. The van der Waals surface area contributed by atoms with Crippen molar-refractivity contribution in [3.8, 4) is 0 Å². The molecular formula is C10H13BrFN3O2. The number of nitrogens with two attached hydrogens (primary N) is 1. The Morgan fingerprint density at radius 3 is 2.65 bits per heavy atom. The summed E-state index contributed by atoms with van der Waals surface area (Å²) in [5.41, 5.74) is 5.17. The quantitative estimate of drug-likeness (QED) is 0.662. The van der Waals surface area contributed by atoms with Gasteiger partial charge in [0.1, 0.15) is 11.5 Å². The lowest BCUT2D eigenvalue weighted by molar-refractivity contribution is -0.384. The van der Waals surface area contributed by atoms with Gasteiger partial charge in [-0.05, 0) is 35.8 Å².